The van der Waals surface area contributed by atoms with Crippen molar-refractivity contribution >= 4 is 44.5 Å². The van der Waals surface area contributed by atoms with Crippen molar-refractivity contribution < 1.29 is 14.3 Å². The number of aryl methyl sites for hydroxylation is 1. The maximum atomic E-state index is 14.0. The SMILES string of the molecule is Cc1ncc(-c2cc3c(NC(C)C)c(C(=O)NC[C@@H](F)C(C)(C)O)cnc3s2)s1. The van der Waals surface area contributed by atoms with E-state index in [1.807, 2.05) is 33.0 Å². The van der Waals surface area contributed by atoms with Gasteiger partial charge in [0.25, 0.3) is 5.91 Å². The fourth-order valence-corrected chi connectivity index (χ4v) is 4.58. The number of anilines is 1. The number of aromatic nitrogens is 2. The number of halogens is 1. The largest absolute Gasteiger partial charge is 0.387 e. The van der Waals surface area contributed by atoms with E-state index >= 15 is 0 Å². The average Bonchev–Trinajstić information content (AvgIpc) is 3.24. The zero-order valence-electron chi connectivity index (χ0n) is 17.0. The summed E-state index contributed by atoms with van der Waals surface area (Å²) in [5.74, 6) is -0.434. The molecule has 156 valence electrons. The zero-order valence-corrected chi connectivity index (χ0v) is 18.7. The molecular formula is C20H25FN4O2S2. The third-order valence-corrected chi connectivity index (χ3v) is 6.46. The minimum atomic E-state index is -1.58. The van der Waals surface area contributed by atoms with Crippen LogP contribution in [0.1, 0.15) is 43.1 Å². The lowest BCUT2D eigenvalue weighted by Crippen LogP contribution is -2.42. The van der Waals surface area contributed by atoms with Crippen molar-refractivity contribution in [2.24, 2.45) is 0 Å². The highest BCUT2D eigenvalue weighted by Crippen LogP contribution is 2.39. The van der Waals surface area contributed by atoms with Crippen LogP contribution in [0.2, 0.25) is 0 Å². The summed E-state index contributed by atoms with van der Waals surface area (Å²) < 4.78 is 14.0. The van der Waals surface area contributed by atoms with Gasteiger partial charge in [-0.1, -0.05) is 0 Å². The lowest BCUT2D eigenvalue weighted by atomic mass is 10.0. The molecule has 3 heterocycles. The van der Waals surface area contributed by atoms with E-state index in [0.29, 0.717) is 11.3 Å². The number of thiophene rings is 1. The van der Waals surface area contributed by atoms with Crippen LogP contribution in [0.5, 0.6) is 0 Å². The number of rotatable bonds is 7. The van der Waals surface area contributed by atoms with E-state index in [4.69, 9.17) is 0 Å². The minimum absolute atomic E-state index is 0.0893. The highest BCUT2D eigenvalue weighted by molar-refractivity contribution is 7.25. The van der Waals surface area contributed by atoms with Crippen molar-refractivity contribution in [1.82, 2.24) is 15.3 Å². The Morgan fingerprint density at radius 3 is 2.55 bits per heavy atom. The molecule has 0 aromatic carbocycles. The molecule has 0 radical (unpaired) electrons. The van der Waals surface area contributed by atoms with Gasteiger partial charge in [0.05, 0.1) is 33.3 Å². The third-order valence-electron chi connectivity index (χ3n) is 4.31. The van der Waals surface area contributed by atoms with Crippen LogP contribution in [-0.4, -0.2) is 45.3 Å². The van der Waals surface area contributed by atoms with E-state index in [0.717, 1.165) is 25.0 Å². The molecule has 0 spiro atoms. The predicted molar refractivity (Wildman–Crippen MR) is 118 cm³/mol. The minimum Gasteiger partial charge on any atom is -0.387 e. The Morgan fingerprint density at radius 2 is 1.97 bits per heavy atom. The maximum Gasteiger partial charge on any atom is 0.255 e. The first-order chi connectivity index (χ1) is 13.6. The van der Waals surface area contributed by atoms with Crippen molar-refractivity contribution in [3.05, 3.63) is 29.0 Å². The first kappa shape index (κ1) is 21.6. The first-order valence-electron chi connectivity index (χ1n) is 9.32. The van der Waals surface area contributed by atoms with Crippen LogP contribution >= 0.6 is 22.7 Å². The number of carbonyl (C=O) groups excluding carboxylic acids is 1. The number of pyridine rings is 1. The van der Waals surface area contributed by atoms with Gasteiger partial charge < -0.3 is 15.7 Å². The lowest BCUT2D eigenvalue weighted by molar-refractivity contribution is -0.00177. The number of nitrogens with one attached hydrogen (secondary N) is 2. The van der Waals surface area contributed by atoms with Gasteiger partial charge in [-0.2, -0.15) is 0 Å². The van der Waals surface area contributed by atoms with Gasteiger partial charge in [0.1, 0.15) is 11.0 Å². The highest BCUT2D eigenvalue weighted by Gasteiger charge is 2.27. The van der Waals surface area contributed by atoms with E-state index in [1.165, 1.54) is 20.0 Å². The van der Waals surface area contributed by atoms with E-state index in [9.17, 15) is 14.3 Å². The number of hydrogen-bond acceptors (Lipinski definition) is 7. The summed E-state index contributed by atoms with van der Waals surface area (Å²) in [4.78, 5) is 24.4. The first-order valence-corrected chi connectivity index (χ1v) is 11.0. The highest BCUT2D eigenvalue weighted by atomic mass is 32.1. The average molecular weight is 437 g/mol. The molecule has 6 nitrogen and oxygen atoms in total. The Labute approximate surface area is 177 Å². The number of amides is 1. The van der Waals surface area contributed by atoms with E-state index < -0.39 is 17.7 Å². The quantitative estimate of drug-likeness (QED) is 0.511. The fourth-order valence-electron chi connectivity index (χ4n) is 2.73. The molecule has 0 fully saturated rings. The van der Waals surface area contributed by atoms with Gasteiger partial charge in [-0.25, -0.2) is 14.4 Å². The van der Waals surface area contributed by atoms with Crippen LogP contribution in [0.25, 0.3) is 20.0 Å². The topological polar surface area (TPSA) is 87.1 Å². The number of fused-ring (bicyclic) bond motifs is 1. The number of alkyl halides is 1. The molecule has 0 aliphatic heterocycles. The zero-order chi connectivity index (χ0) is 21.3. The van der Waals surface area contributed by atoms with Crippen molar-refractivity contribution in [2.75, 3.05) is 11.9 Å². The third kappa shape index (κ3) is 4.91. The summed E-state index contributed by atoms with van der Waals surface area (Å²) in [6, 6.07) is 2.10. The number of hydrogen-bond donors (Lipinski definition) is 3. The Bertz CT molecular complexity index is 1020. The number of aliphatic hydroxyl groups is 1. The van der Waals surface area contributed by atoms with Crippen molar-refractivity contribution in [1.29, 1.82) is 0 Å². The van der Waals surface area contributed by atoms with Gasteiger partial charge in [0.15, 0.2) is 0 Å². The molecule has 0 unspecified atom stereocenters. The van der Waals surface area contributed by atoms with Crippen LogP contribution in [0, 0.1) is 6.92 Å². The van der Waals surface area contributed by atoms with E-state index in [-0.39, 0.29) is 12.6 Å². The smallest absolute Gasteiger partial charge is 0.255 e. The van der Waals surface area contributed by atoms with Crippen LogP contribution in [0.4, 0.5) is 10.1 Å². The summed E-state index contributed by atoms with van der Waals surface area (Å²) in [7, 11) is 0. The van der Waals surface area contributed by atoms with Gasteiger partial charge in [-0.3, -0.25) is 4.79 Å². The Morgan fingerprint density at radius 1 is 1.24 bits per heavy atom. The van der Waals surface area contributed by atoms with Gasteiger partial charge in [-0.15, -0.1) is 22.7 Å². The molecule has 0 saturated heterocycles. The van der Waals surface area contributed by atoms with Gasteiger partial charge >= 0.3 is 0 Å². The number of nitrogens with zero attached hydrogens (tertiary/aromatic N) is 2. The molecule has 3 aromatic heterocycles. The second-order valence-electron chi connectivity index (χ2n) is 7.75. The summed E-state index contributed by atoms with van der Waals surface area (Å²) >= 11 is 3.15. The molecular weight excluding hydrogens is 411 g/mol. The van der Waals surface area contributed by atoms with Crippen LogP contribution in [-0.2, 0) is 0 Å². The van der Waals surface area contributed by atoms with Crippen molar-refractivity contribution in [3.63, 3.8) is 0 Å². The summed E-state index contributed by atoms with van der Waals surface area (Å²) in [5, 5.41) is 17.5. The van der Waals surface area contributed by atoms with Gasteiger partial charge in [0, 0.05) is 28.7 Å². The molecule has 3 rings (SSSR count). The number of carbonyl (C=O) groups is 1. The molecule has 0 bridgehead atoms. The molecule has 29 heavy (non-hydrogen) atoms. The van der Waals surface area contributed by atoms with Gasteiger partial charge in [0.2, 0.25) is 0 Å². The Balaban J connectivity index is 1.97. The predicted octanol–water partition coefficient (Wildman–Crippen LogP) is 4.39. The fraction of sp³-hybridized carbons (Fsp3) is 0.450. The van der Waals surface area contributed by atoms with E-state index in [1.54, 1.807) is 22.7 Å². The second kappa shape index (κ2) is 8.33. The van der Waals surface area contributed by atoms with Crippen LogP contribution in [0.3, 0.4) is 0 Å². The van der Waals surface area contributed by atoms with Crippen LogP contribution < -0.4 is 10.6 Å². The maximum absolute atomic E-state index is 14.0. The van der Waals surface area contributed by atoms with E-state index in [2.05, 4.69) is 20.6 Å². The Hall–Kier alpha value is -2.10. The Kier molecular flexibility index (Phi) is 6.21. The summed E-state index contributed by atoms with van der Waals surface area (Å²) in [6.45, 7) is 8.39. The monoisotopic (exact) mass is 436 g/mol. The van der Waals surface area contributed by atoms with Crippen molar-refractivity contribution in [3.8, 4) is 9.75 Å². The van der Waals surface area contributed by atoms with Crippen LogP contribution in [0.15, 0.2) is 18.5 Å². The second-order valence-corrected chi connectivity index (χ2v) is 10.0. The summed E-state index contributed by atoms with van der Waals surface area (Å²) in [6.07, 6.45) is 1.77. The van der Waals surface area contributed by atoms with Gasteiger partial charge in [-0.05, 0) is 40.7 Å². The molecule has 1 amide bonds. The normalized spacial score (nSPS) is 13.1. The standard InChI is InChI=1S/C20H25FN4O2S2/c1-10(2)25-17-12-6-14(15-8-22-11(3)28-15)29-19(12)24-7-13(17)18(26)23-9-16(21)20(4,5)27/h6-8,10,16,27H,9H2,1-5H3,(H,23,26)(H,24,25)/t16-/m1/s1. The molecule has 3 N–H and O–H groups in total. The van der Waals surface area contributed by atoms with Crippen molar-refractivity contribution in [2.45, 2.75) is 52.4 Å². The molecule has 0 aliphatic carbocycles. The molecule has 3 aromatic rings. The summed E-state index contributed by atoms with van der Waals surface area (Å²) in [5.41, 5.74) is -0.507. The molecule has 0 saturated carbocycles. The number of thiazole rings is 1. The molecule has 9 heteroatoms. The lowest BCUT2D eigenvalue weighted by Gasteiger charge is -2.23. The molecule has 0 aliphatic rings. The molecule has 1 atom stereocenters.